The van der Waals surface area contributed by atoms with Crippen LogP contribution in [0.25, 0.3) is 21.9 Å². The average Bonchev–Trinajstić information content (AvgIpc) is 2.80. The predicted molar refractivity (Wildman–Crippen MR) is 129 cm³/mol. The molecule has 3 aromatic carbocycles. The third kappa shape index (κ3) is 4.23. The molecule has 0 unspecified atom stereocenters. The number of carbonyl (C=O) groups is 1. The molecule has 0 atom stereocenters. The van der Waals surface area contributed by atoms with E-state index in [4.69, 9.17) is 18.3 Å². The van der Waals surface area contributed by atoms with Crippen LogP contribution in [-0.2, 0) is 0 Å². The summed E-state index contributed by atoms with van der Waals surface area (Å²) in [5, 5.41) is 1.02. The van der Waals surface area contributed by atoms with Gasteiger partial charge in [0.2, 0.25) is 11.2 Å². The van der Waals surface area contributed by atoms with Crippen LogP contribution in [0.2, 0.25) is 0 Å². The van der Waals surface area contributed by atoms with Crippen molar-refractivity contribution in [1.29, 1.82) is 0 Å². The van der Waals surface area contributed by atoms with Crippen molar-refractivity contribution in [3.05, 3.63) is 109 Å². The van der Waals surface area contributed by atoms with Crippen LogP contribution in [0.4, 0.5) is 0 Å². The van der Waals surface area contributed by atoms with Crippen LogP contribution >= 0.6 is 15.9 Å². The van der Waals surface area contributed by atoms with Crippen LogP contribution < -0.4 is 20.5 Å². The first-order valence-corrected chi connectivity index (χ1v) is 10.9. The average molecular weight is 519 g/mol. The lowest BCUT2D eigenvalue weighted by Crippen LogP contribution is -2.09. The second-order valence-electron chi connectivity index (χ2n) is 7.50. The van der Waals surface area contributed by atoms with Crippen molar-refractivity contribution in [3.63, 3.8) is 0 Å². The third-order valence-corrected chi connectivity index (χ3v) is 5.63. The minimum absolute atomic E-state index is 0.0410. The van der Waals surface area contributed by atoms with Gasteiger partial charge >= 0.3 is 11.6 Å². The van der Waals surface area contributed by atoms with Gasteiger partial charge in [-0.15, -0.1) is 0 Å². The third-order valence-electron chi connectivity index (χ3n) is 5.14. The number of esters is 1. The van der Waals surface area contributed by atoms with Crippen LogP contribution in [0.15, 0.2) is 95.9 Å². The minimum Gasteiger partial charge on any atom is -0.460 e. The zero-order valence-corrected chi connectivity index (χ0v) is 19.2. The highest BCUT2D eigenvalue weighted by Crippen LogP contribution is 2.27. The minimum atomic E-state index is -0.541. The molecule has 34 heavy (non-hydrogen) atoms. The number of carbonyl (C=O) groups excluding carboxylic acids is 1. The molecule has 0 aliphatic carbocycles. The summed E-state index contributed by atoms with van der Waals surface area (Å²) in [6, 6.07) is 17.6. The Morgan fingerprint density at radius 1 is 0.882 bits per heavy atom. The first-order chi connectivity index (χ1) is 16.4. The zero-order valence-electron chi connectivity index (χ0n) is 17.7. The Bertz CT molecular complexity index is 1700. The highest BCUT2D eigenvalue weighted by Gasteiger charge is 2.14. The van der Waals surface area contributed by atoms with E-state index in [1.54, 1.807) is 36.4 Å². The number of fused-ring (bicyclic) bond motifs is 2. The van der Waals surface area contributed by atoms with Crippen molar-refractivity contribution in [2.75, 3.05) is 0 Å². The Hall–Kier alpha value is -4.17. The molecule has 168 valence electrons. The summed E-state index contributed by atoms with van der Waals surface area (Å²) in [4.78, 5) is 37.0. The van der Waals surface area contributed by atoms with Crippen LogP contribution in [0, 0.1) is 6.92 Å². The molecule has 0 saturated heterocycles. The normalized spacial score (nSPS) is 11.0. The van der Waals surface area contributed by atoms with Gasteiger partial charge in [0, 0.05) is 28.1 Å². The van der Waals surface area contributed by atoms with E-state index in [9.17, 15) is 14.4 Å². The molecule has 0 aliphatic heterocycles. The summed E-state index contributed by atoms with van der Waals surface area (Å²) >= 11 is 3.32. The van der Waals surface area contributed by atoms with Gasteiger partial charge in [-0.1, -0.05) is 22.0 Å². The summed E-state index contributed by atoms with van der Waals surface area (Å²) in [7, 11) is 0. The van der Waals surface area contributed by atoms with Crippen LogP contribution in [0.5, 0.6) is 17.2 Å². The van der Waals surface area contributed by atoms with Crippen LogP contribution in [0.1, 0.15) is 15.9 Å². The topological polar surface area (TPSA) is 95.9 Å². The molecular weight excluding hydrogens is 504 g/mol. The number of rotatable bonds is 4. The van der Waals surface area contributed by atoms with Crippen LogP contribution in [-0.4, -0.2) is 5.97 Å². The van der Waals surface area contributed by atoms with Gasteiger partial charge in [-0.3, -0.25) is 4.79 Å². The Balaban J connectivity index is 1.42. The number of hydrogen-bond donors (Lipinski definition) is 0. The van der Waals surface area contributed by atoms with Crippen molar-refractivity contribution in [2.45, 2.75) is 6.92 Å². The molecule has 8 heteroatoms. The number of ether oxygens (including phenoxy) is 2. The number of aryl methyl sites for hydroxylation is 1. The van der Waals surface area contributed by atoms with E-state index in [2.05, 4.69) is 15.9 Å². The molecule has 0 amide bonds. The van der Waals surface area contributed by atoms with E-state index < -0.39 is 17.0 Å². The maximum atomic E-state index is 12.9. The standard InChI is InChI=1S/C26H15BrO7/c1-14-9-24(28)34-22-12-17(5-7-19(14)22)32-23-13-31-21-11-18(6-8-20(21)25(23)29)33-26(30)15-3-2-4-16(27)10-15/h2-13H,1H3. The lowest BCUT2D eigenvalue weighted by molar-refractivity contribution is 0.0735. The van der Waals surface area contributed by atoms with E-state index in [1.165, 1.54) is 36.6 Å². The number of hydrogen-bond acceptors (Lipinski definition) is 7. The summed E-state index contributed by atoms with van der Waals surface area (Å²) < 4.78 is 22.7. The van der Waals surface area contributed by atoms with Gasteiger partial charge in [-0.2, -0.15) is 0 Å². The fourth-order valence-electron chi connectivity index (χ4n) is 3.50. The van der Waals surface area contributed by atoms with Crippen molar-refractivity contribution in [3.8, 4) is 17.2 Å². The fraction of sp³-hybridized carbons (Fsp3) is 0.0385. The molecule has 2 heterocycles. The van der Waals surface area contributed by atoms with E-state index in [0.29, 0.717) is 16.9 Å². The smallest absolute Gasteiger partial charge is 0.343 e. The lowest BCUT2D eigenvalue weighted by Gasteiger charge is -2.08. The van der Waals surface area contributed by atoms with E-state index >= 15 is 0 Å². The predicted octanol–water partition coefficient (Wildman–Crippen LogP) is 5.98. The molecule has 0 spiro atoms. The maximum Gasteiger partial charge on any atom is 0.343 e. The van der Waals surface area contributed by atoms with E-state index in [0.717, 1.165) is 15.4 Å². The van der Waals surface area contributed by atoms with Gasteiger partial charge in [-0.05, 0) is 55.0 Å². The van der Waals surface area contributed by atoms with Gasteiger partial charge in [0.25, 0.3) is 0 Å². The fourth-order valence-corrected chi connectivity index (χ4v) is 3.90. The van der Waals surface area contributed by atoms with Gasteiger partial charge in [0.05, 0.1) is 10.9 Å². The van der Waals surface area contributed by atoms with Gasteiger partial charge < -0.3 is 18.3 Å². The summed E-state index contributed by atoms with van der Waals surface area (Å²) in [5.41, 5.74) is 0.864. The highest BCUT2D eigenvalue weighted by molar-refractivity contribution is 9.10. The first kappa shape index (κ1) is 21.7. The van der Waals surface area contributed by atoms with E-state index in [1.807, 2.05) is 6.92 Å². The molecule has 0 saturated carbocycles. The lowest BCUT2D eigenvalue weighted by atomic mass is 10.1. The summed E-state index contributed by atoms with van der Waals surface area (Å²) in [6.07, 6.45) is 1.18. The van der Waals surface area contributed by atoms with Gasteiger partial charge in [0.15, 0.2) is 0 Å². The molecule has 0 fully saturated rings. The SMILES string of the molecule is Cc1cc(=O)oc2cc(Oc3coc4cc(OC(=O)c5cccc(Br)c5)ccc4c3=O)ccc12. The monoisotopic (exact) mass is 518 g/mol. The zero-order chi connectivity index (χ0) is 23.8. The van der Waals surface area contributed by atoms with Crippen molar-refractivity contribution in [2.24, 2.45) is 0 Å². The van der Waals surface area contributed by atoms with Gasteiger partial charge in [-0.25, -0.2) is 9.59 Å². The molecule has 0 aliphatic rings. The molecule has 2 aromatic heterocycles. The van der Waals surface area contributed by atoms with Crippen molar-refractivity contribution in [1.82, 2.24) is 0 Å². The Morgan fingerprint density at radius 2 is 1.65 bits per heavy atom. The highest BCUT2D eigenvalue weighted by atomic mass is 79.9. The van der Waals surface area contributed by atoms with Crippen LogP contribution in [0.3, 0.4) is 0 Å². The number of halogens is 1. The molecule has 0 bridgehead atoms. The van der Waals surface area contributed by atoms with Crippen molar-refractivity contribution < 1.29 is 23.1 Å². The first-order valence-electron chi connectivity index (χ1n) is 10.1. The van der Waals surface area contributed by atoms with Gasteiger partial charge in [0.1, 0.15) is 28.9 Å². The Morgan fingerprint density at radius 3 is 2.47 bits per heavy atom. The summed E-state index contributed by atoms with van der Waals surface area (Å²) in [6.45, 7) is 1.81. The molecule has 5 rings (SSSR count). The molecule has 0 N–H and O–H groups in total. The van der Waals surface area contributed by atoms with E-state index in [-0.39, 0.29) is 22.5 Å². The Kier molecular flexibility index (Phi) is 5.51. The molecular formula is C26H15BrO7. The quantitative estimate of drug-likeness (QED) is 0.164. The summed E-state index contributed by atoms with van der Waals surface area (Å²) in [5.74, 6) is -0.0384. The van der Waals surface area contributed by atoms with Crippen molar-refractivity contribution >= 4 is 43.8 Å². The second kappa shape index (κ2) is 8.64. The molecule has 0 radical (unpaired) electrons. The molecule has 7 nitrogen and oxygen atoms in total. The maximum absolute atomic E-state index is 12.9. The number of benzene rings is 3. The second-order valence-corrected chi connectivity index (χ2v) is 8.41. The largest absolute Gasteiger partial charge is 0.460 e. The Labute approximate surface area is 200 Å². The molecule has 5 aromatic rings.